The third kappa shape index (κ3) is 5.98. The number of likely N-dealkylation sites (tertiary alicyclic amines) is 1. The Kier molecular flexibility index (Phi) is 8.01. The predicted octanol–water partition coefficient (Wildman–Crippen LogP) is 4.92. The monoisotopic (exact) mass is 591 g/mol. The van der Waals surface area contributed by atoms with Crippen LogP contribution in [0.2, 0.25) is 0 Å². The molecule has 0 aliphatic carbocycles. The first-order chi connectivity index (χ1) is 19.9. The highest BCUT2D eigenvalue weighted by molar-refractivity contribution is 5.86. The minimum absolute atomic E-state index is 0.0543. The zero-order valence-corrected chi connectivity index (χ0v) is 23.8. The topological polar surface area (TPSA) is 88.9 Å². The quantitative estimate of drug-likeness (QED) is 0.358. The number of aromatic nitrogens is 4. The highest BCUT2D eigenvalue weighted by Crippen LogP contribution is 2.35. The van der Waals surface area contributed by atoms with Crippen molar-refractivity contribution in [3.63, 3.8) is 0 Å². The van der Waals surface area contributed by atoms with Crippen molar-refractivity contribution in [2.45, 2.75) is 57.8 Å². The molecule has 5 rings (SSSR count). The Morgan fingerprint density at radius 2 is 1.95 bits per heavy atom. The van der Waals surface area contributed by atoms with Gasteiger partial charge in [0, 0.05) is 30.7 Å². The first-order valence-electron chi connectivity index (χ1n) is 13.6. The standard InChI is InChI=1S/C28H33F4N7O3/c1-27(2,3)42-26(40)38(15-12-29)19-10-13-36(16-19)25(28(30,31)32)37-14-11-22-34-35-24(39(22)17-37)20-9-8-18-6-5-7-21(41-4)23(18)33-20/h5-9,11,14,19,25H,10,12-13,15-17H2,1-4H3/t19-,25+/m0/s1. The molecule has 3 aromatic rings. The van der Waals surface area contributed by atoms with Crippen LogP contribution in [0.3, 0.4) is 0 Å². The molecule has 0 N–H and O–H groups in total. The second-order valence-corrected chi connectivity index (χ2v) is 11.2. The number of hydrogen-bond donors (Lipinski definition) is 0. The molecule has 1 aromatic carbocycles. The molecule has 4 heterocycles. The number of methoxy groups -OCH3 is 1. The number of fused-ring (bicyclic) bond motifs is 2. The van der Waals surface area contributed by atoms with Gasteiger partial charge in [-0.1, -0.05) is 18.2 Å². The summed E-state index contributed by atoms with van der Waals surface area (Å²) in [5.41, 5.74) is 0.207. The summed E-state index contributed by atoms with van der Waals surface area (Å²) >= 11 is 0. The molecule has 1 fully saturated rings. The maximum absolute atomic E-state index is 14.6. The number of carbonyl (C=O) groups excluding carboxylic acids is 1. The van der Waals surface area contributed by atoms with Crippen LogP contribution in [0.4, 0.5) is 22.4 Å². The number of carbonyl (C=O) groups is 1. The second-order valence-electron chi connectivity index (χ2n) is 11.2. The molecule has 2 aliphatic heterocycles. The third-order valence-electron chi connectivity index (χ3n) is 7.17. The van der Waals surface area contributed by atoms with E-state index in [4.69, 9.17) is 9.47 Å². The average molecular weight is 592 g/mol. The number of pyridine rings is 1. The lowest BCUT2D eigenvalue weighted by Gasteiger charge is -2.40. The van der Waals surface area contributed by atoms with Crippen LogP contribution in [0.1, 0.15) is 33.0 Å². The number of benzene rings is 1. The fraction of sp³-hybridized carbons (Fsp3) is 0.500. The van der Waals surface area contributed by atoms with Gasteiger partial charge in [-0.05, 0) is 45.4 Å². The summed E-state index contributed by atoms with van der Waals surface area (Å²) in [7, 11) is 1.54. The zero-order chi connectivity index (χ0) is 30.2. The summed E-state index contributed by atoms with van der Waals surface area (Å²) in [6.45, 7) is 3.72. The van der Waals surface area contributed by atoms with Crippen molar-refractivity contribution in [1.29, 1.82) is 0 Å². The molecule has 226 valence electrons. The summed E-state index contributed by atoms with van der Waals surface area (Å²) in [5.74, 6) is 1.26. The fourth-order valence-corrected chi connectivity index (χ4v) is 5.39. The van der Waals surface area contributed by atoms with Crippen LogP contribution in [0.25, 0.3) is 28.5 Å². The van der Waals surface area contributed by atoms with Crippen LogP contribution in [0, 0.1) is 0 Å². The van der Waals surface area contributed by atoms with Crippen molar-refractivity contribution >= 4 is 23.1 Å². The summed E-state index contributed by atoms with van der Waals surface area (Å²) < 4.78 is 69.7. The normalized spacial score (nSPS) is 18.3. The van der Waals surface area contributed by atoms with Crippen molar-refractivity contribution in [1.82, 2.24) is 34.4 Å². The number of nitrogens with zero attached hydrogens (tertiary/aromatic N) is 7. The van der Waals surface area contributed by atoms with E-state index in [1.54, 1.807) is 37.5 Å². The molecule has 14 heteroatoms. The summed E-state index contributed by atoms with van der Waals surface area (Å²) in [6.07, 6.45) is -4.32. The number of rotatable bonds is 7. The second kappa shape index (κ2) is 11.4. The SMILES string of the molecule is COc1cccc2ccc(-c3nnc4n3CN([C@@H](N3CC[C@H](N(CCF)C(=O)OC(C)(C)C)C3)C(F)(F)F)C=C4)nc12. The fourth-order valence-electron chi connectivity index (χ4n) is 5.39. The van der Waals surface area contributed by atoms with Crippen LogP contribution >= 0.6 is 0 Å². The van der Waals surface area contributed by atoms with E-state index in [0.717, 1.165) is 10.3 Å². The van der Waals surface area contributed by atoms with Gasteiger partial charge in [-0.2, -0.15) is 13.2 Å². The molecule has 1 saturated heterocycles. The molecule has 0 radical (unpaired) electrons. The van der Waals surface area contributed by atoms with E-state index in [-0.39, 0.29) is 32.7 Å². The van der Waals surface area contributed by atoms with Crippen molar-refractivity contribution in [2.75, 3.05) is 33.4 Å². The van der Waals surface area contributed by atoms with Gasteiger partial charge in [-0.25, -0.2) is 14.2 Å². The molecule has 42 heavy (non-hydrogen) atoms. The molecule has 0 spiro atoms. The predicted molar refractivity (Wildman–Crippen MR) is 147 cm³/mol. The average Bonchev–Trinajstić information content (AvgIpc) is 3.56. The van der Waals surface area contributed by atoms with Gasteiger partial charge >= 0.3 is 12.3 Å². The Balaban J connectivity index is 1.40. The largest absolute Gasteiger partial charge is 0.494 e. The number of ether oxygens (including phenoxy) is 2. The van der Waals surface area contributed by atoms with E-state index < -0.39 is 36.8 Å². The summed E-state index contributed by atoms with van der Waals surface area (Å²) in [6, 6.07) is 8.45. The Bertz CT molecular complexity index is 1470. The third-order valence-corrected chi connectivity index (χ3v) is 7.17. The van der Waals surface area contributed by atoms with Gasteiger partial charge < -0.3 is 19.3 Å². The number of alkyl halides is 4. The minimum Gasteiger partial charge on any atom is -0.494 e. The van der Waals surface area contributed by atoms with Gasteiger partial charge in [0.1, 0.15) is 29.2 Å². The van der Waals surface area contributed by atoms with Crippen LogP contribution in [-0.4, -0.2) is 97.9 Å². The lowest BCUT2D eigenvalue weighted by atomic mass is 10.2. The molecular weight excluding hydrogens is 558 g/mol. The van der Waals surface area contributed by atoms with Crippen molar-refractivity contribution in [3.8, 4) is 17.3 Å². The summed E-state index contributed by atoms with van der Waals surface area (Å²) in [5, 5.41) is 9.22. The van der Waals surface area contributed by atoms with E-state index in [1.165, 1.54) is 29.2 Å². The van der Waals surface area contributed by atoms with Gasteiger partial charge in [0.15, 0.2) is 17.8 Å². The van der Waals surface area contributed by atoms with Crippen LogP contribution < -0.4 is 4.74 Å². The Morgan fingerprint density at radius 3 is 2.64 bits per heavy atom. The van der Waals surface area contributed by atoms with E-state index in [1.807, 2.05) is 18.2 Å². The first kappa shape index (κ1) is 29.5. The Labute approximate surface area is 240 Å². The van der Waals surface area contributed by atoms with E-state index in [2.05, 4.69) is 15.2 Å². The molecule has 2 aromatic heterocycles. The maximum Gasteiger partial charge on any atom is 0.422 e. The highest BCUT2D eigenvalue weighted by atomic mass is 19.4. The zero-order valence-electron chi connectivity index (χ0n) is 23.8. The molecule has 2 aliphatic rings. The van der Waals surface area contributed by atoms with Crippen molar-refractivity contribution in [3.05, 3.63) is 42.4 Å². The van der Waals surface area contributed by atoms with Crippen molar-refractivity contribution < 1.29 is 31.8 Å². The molecule has 0 bridgehead atoms. The maximum atomic E-state index is 14.6. The van der Waals surface area contributed by atoms with E-state index in [0.29, 0.717) is 28.6 Å². The van der Waals surface area contributed by atoms with Crippen LogP contribution in [0.15, 0.2) is 36.5 Å². The Morgan fingerprint density at radius 1 is 1.17 bits per heavy atom. The lowest BCUT2D eigenvalue weighted by molar-refractivity contribution is -0.220. The minimum atomic E-state index is -4.64. The van der Waals surface area contributed by atoms with Gasteiger partial charge in [-0.15, -0.1) is 10.2 Å². The lowest BCUT2D eigenvalue weighted by Crippen LogP contribution is -2.56. The van der Waals surface area contributed by atoms with E-state index in [9.17, 15) is 22.4 Å². The van der Waals surface area contributed by atoms with Gasteiger partial charge in [-0.3, -0.25) is 9.47 Å². The first-order valence-corrected chi connectivity index (χ1v) is 13.6. The number of amides is 1. The number of para-hydroxylation sites is 1. The molecule has 2 atom stereocenters. The number of halogens is 4. The molecular formula is C28H33F4N7O3. The molecule has 0 unspecified atom stereocenters. The highest BCUT2D eigenvalue weighted by Gasteiger charge is 2.50. The molecule has 0 saturated carbocycles. The van der Waals surface area contributed by atoms with Gasteiger partial charge in [0.25, 0.3) is 0 Å². The van der Waals surface area contributed by atoms with E-state index >= 15 is 0 Å². The number of hydrogen-bond acceptors (Lipinski definition) is 8. The molecule has 1 amide bonds. The van der Waals surface area contributed by atoms with Gasteiger partial charge in [0.2, 0.25) is 0 Å². The van der Waals surface area contributed by atoms with Crippen LogP contribution in [-0.2, 0) is 11.4 Å². The van der Waals surface area contributed by atoms with Crippen LogP contribution in [0.5, 0.6) is 5.75 Å². The summed E-state index contributed by atoms with van der Waals surface area (Å²) in [4.78, 5) is 21.1. The van der Waals surface area contributed by atoms with Gasteiger partial charge in [0.05, 0.1) is 20.3 Å². The smallest absolute Gasteiger partial charge is 0.422 e. The molecule has 10 nitrogen and oxygen atoms in total. The van der Waals surface area contributed by atoms with Crippen molar-refractivity contribution in [2.24, 2.45) is 0 Å². The Hall–Kier alpha value is -3.94.